The summed E-state index contributed by atoms with van der Waals surface area (Å²) >= 11 is 6.19. The Hall–Kier alpha value is -2.75. The highest BCUT2D eigenvalue weighted by molar-refractivity contribution is 7.89. The third-order valence-electron chi connectivity index (χ3n) is 5.73. The number of anilines is 1. The van der Waals surface area contributed by atoms with Crippen LogP contribution in [0.3, 0.4) is 0 Å². The molecule has 0 bridgehead atoms. The van der Waals surface area contributed by atoms with Gasteiger partial charge in [-0.1, -0.05) is 25.4 Å². The lowest BCUT2D eigenvalue weighted by Crippen LogP contribution is -2.30. The van der Waals surface area contributed by atoms with Gasteiger partial charge in [-0.05, 0) is 61.7 Å². The van der Waals surface area contributed by atoms with Gasteiger partial charge >= 0.3 is 0 Å². The number of sulfonamides is 1. The summed E-state index contributed by atoms with van der Waals surface area (Å²) < 4.78 is 42.2. The van der Waals surface area contributed by atoms with E-state index in [2.05, 4.69) is 10.4 Å². The van der Waals surface area contributed by atoms with Gasteiger partial charge in [-0.15, -0.1) is 0 Å². The molecule has 4 rings (SSSR count). The third-order valence-corrected chi connectivity index (χ3v) is 8.26. The van der Waals surface area contributed by atoms with E-state index in [1.165, 1.54) is 28.6 Å². The summed E-state index contributed by atoms with van der Waals surface area (Å²) in [5.41, 5.74) is 3.02. The number of hydrogen-bond donors (Lipinski definition) is 1. The Balaban J connectivity index is 1.66. The van der Waals surface area contributed by atoms with Crippen molar-refractivity contribution in [2.75, 3.05) is 18.4 Å². The summed E-state index contributed by atoms with van der Waals surface area (Å²) in [5.74, 6) is -0.791. The molecule has 1 aromatic heterocycles. The molecule has 0 unspecified atom stereocenters. The monoisotopic (exact) mass is 490 g/mol. The molecule has 174 valence electrons. The molecule has 1 heterocycles. The van der Waals surface area contributed by atoms with Gasteiger partial charge in [0.25, 0.3) is 5.91 Å². The Morgan fingerprint density at radius 2 is 1.85 bits per heavy atom. The number of rotatable bonds is 7. The fourth-order valence-corrected chi connectivity index (χ4v) is 6.05. The molecule has 0 radical (unpaired) electrons. The Bertz CT molecular complexity index is 1300. The minimum Gasteiger partial charge on any atom is -0.321 e. The van der Waals surface area contributed by atoms with E-state index >= 15 is 0 Å². The first-order valence-corrected chi connectivity index (χ1v) is 12.6. The first kappa shape index (κ1) is 23.4. The van der Waals surface area contributed by atoms with Gasteiger partial charge in [-0.2, -0.15) is 9.40 Å². The predicted octanol–water partition coefficient (Wildman–Crippen LogP) is 4.44. The molecule has 10 heteroatoms. The number of halogens is 2. The highest BCUT2D eigenvalue weighted by Gasteiger charge is 2.28. The number of carbonyl (C=O) groups excluding carboxylic acids is 1. The summed E-state index contributed by atoms with van der Waals surface area (Å²) in [6, 6.07) is 10.3. The highest BCUT2D eigenvalue weighted by atomic mass is 35.5. The summed E-state index contributed by atoms with van der Waals surface area (Å²) in [7, 11) is -3.80. The van der Waals surface area contributed by atoms with Crippen molar-refractivity contribution in [3.63, 3.8) is 0 Å². The van der Waals surface area contributed by atoms with Crippen LogP contribution in [0, 0.1) is 5.82 Å². The van der Waals surface area contributed by atoms with E-state index < -0.39 is 15.9 Å². The van der Waals surface area contributed by atoms with Gasteiger partial charge in [0.15, 0.2) is 5.69 Å². The van der Waals surface area contributed by atoms with Crippen molar-refractivity contribution >= 4 is 33.2 Å². The second-order valence-corrected chi connectivity index (χ2v) is 10.0. The molecule has 0 saturated heterocycles. The number of nitrogens with one attached hydrogen (secondary N) is 1. The molecule has 1 aliphatic carbocycles. The number of benzene rings is 2. The summed E-state index contributed by atoms with van der Waals surface area (Å²) in [4.78, 5) is 13.1. The number of fused-ring (bicyclic) bond motifs is 1. The third kappa shape index (κ3) is 4.40. The Labute approximate surface area is 197 Å². The number of hydrogen-bond acceptors (Lipinski definition) is 4. The van der Waals surface area contributed by atoms with E-state index in [4.69, 9.17) is 11.6 Å². The van der Waals surface area contributed by atoms with Gasteiger partial charge in [0.2, 0.25) is 10.0 Å². The maximum atomic E-state index is 13.3. The normalized spacial score (nSPS) is 13.4. The summed E-state index contributed by atoms with van der Waals surface area (Å²) in [5, 5.41) is 7.35. The first-order valence-electron chi connectivity index (χ1n) is 10.7. The topological polar surface area (TPSA) is 84.3 Å². The molecule has 0 saturated carbocycles. The average Bonchev–Trinajstić information content (AvgIpc) is 3.39. The van der Waals surface area contributed by atoms with Crippen LogP contribution < -0.4 is 5.32 Å². The smallest absolute Gasteiger partial charge is 0.276 e. The molecule has 1 N–H and O–H groups in total. The van der Waals surface area contributed by atoms with Crippen LogP contribution in [0.5, 0.6) is 0 Å². The van der Waals surface area contributed by atoms with E-state index in [-0.39, 0.29) is 21.4 Å². The van der Waals surface area contributed by atoms with E-state index in [9.17, 15) is 17.6 Å². The van der Waals surface area contributed by atoms with Crippen molar-refractivity contribution in [3.8, 4) is 5.69 Å². The van der Waals surface area contributed by atoms with Crippen molar-refractivity contribution in [2.45, 2.75) is 38.0 Å². The quantitative estimate of drug-likeness (QED) is 0.530. The van der Waals surface area contributed by atoms with Crippen molar-refractivity contribution in [2.24, 2.45) is 0 Å². The number of aromatic nitrogens is 2. The zero-order valence-electron chi connectivity index (χ0n) is 18.3. The fraction of sp³-hybridized carbons (Fsp3) is 0.304. The van der Waals surface area contributed by atoms with Crippen LogP contribution in [0.2, 0.25) is 5.02 Å². The maximum absolute atomic E-state index is 13.3. The molecule has 1 amide bonds. The minimum absolute atomic E-state index is 0.0623. The lowest BCUT2D eigenvalue weighted by atomic mass is 10.2. The van der Waals surface area contributed by atoms with Crippen LogP contribution in [0.25, 0.3) is 5.69 Å². The van der Waals surface area contributed by atoms with Crippen LogP contribution >= 0.6 is 11.6 Å². The van der Waals surface area contributed by atoms with Gasteiger partial charge in [0.1, 0.15) is 10.7 Å². The SMILES string of the molecule is CCN(CC)S(=O)(=O)c1cc(NC(=O)c2nn(-c3ccc(F)cc3)c3c2CCC3)ccc1Cl. The Kier molecular flexibility index (Phi) is 6.56. The van der Waals surface area contributed by atoms with E-state index in [1.807, 2.05) is 0 Å². The van der Waals surface area contributed by atoms with Crippen LogP contribution in [0.1, 0.15) is 42.0 Å². The van der Waals surface area contributed by atoms with Gasteiger partial charge < -0.3 is 5.32 Å². The Morgan fingerprint density at radius 1 is 1.15 bits per heavy atom. The van der Waals surface area contributed by atoms with Crippen LogP contribution in [-0.2, 0) is 22.9 Å². The first-order chi connectivity index (χ1) is 15.8. The molecule has 1 aliphatic rings. The molecular weight excluding hydrogens is 467 g/mol. The van der Waals surface area contributed by atoms with Crippen LogP contribution in [0.15, 0.2) is 47.4 Å². The van der Waals surface area contributed by atoms with E-state index in [0.29, 0.717) is 30.9 Å². The molecular formula is C23H24ClFN4O3S. The summed E-state index contributed by atoms with van der Waals surface area (Å²) in [6.45, 7) is 4.11. The lowest BCUT2D eigenvalue weighted by molar-refractivity contribution is 0.102. The van der Waals surface area contributed by atoms with E-state index in [1.54, 1.807) is 36.7 Å². The van der Waals surface area contributed by atoms with Crippen LogP contribution in [0.4, 0.5) is 10.1 Å². The minimum atomic E-state index is -3.80. The van der Waals surface area contributed by atoms with Crippen molar-refractivity contribution in [1.82, 2.24) is 14.1 Å². The number of amides is 1. The second-order valence-electron chi connectivity index (χ2n) is 7.70. The molecule has 0 spiro atoms. The van der Waals surface area contributed by atoms with Gasteiger partial charge in [-0.25, -0.2) is 17.5 Å². The zero-order valence-corrected chi connectivity index (χ0v) is 19.9. The molecule has 0 atom stereocenters. The lowest BCUT2D eigenvalue weighted by Gasteiger charge is -2.19. The number of carbonyl (C=O) groups is 1. The second kappa shape index (κ2) is 9.24. The Morgan fingerprint density at radius 3 is 2.52 bits per heavy atom. The van der Waals surface area contributed by atoms with Crippen LogP contribution in [-0.4, -0.2) is 41.5 Å². The largest absolute Gasteiger partial charge is 0.321 e. The van der Waals surface area contributed by atoms with Gasteiger partial charge in [-0.3, -0.25) is 4.79 Å². The molecule has 2 aromatic carbocycles. The average molecular weight is 491 g/mol. The number of nitrogens with zero attached hydrogens (tertiary/aromatic N) is 3. The molecule has 7 nitrogen and oxygen atoms in total. The molecule has 33 heavy (non-hydrogen) atoms. The highest BCUT2D eigenvalue weighted by Crippen LogP contribution is 2.30. The molecule has 0 aliphatic heterocycles. The zero-order chi connectivity index (χ0) is 23.8. The molecule has 0 fully saturated rings. The van der Waals surface area contributed by atoms with Crippen molar-refractivity contribution in [3.05, 3.63) is 70.3 Å². The van der Waals surface area contributed by atoms with Gasteiger partial charge in [0.05, 0.1) is 10.7 Å². The summed E-state index contributed by atoms with van der Waals surface area (Å²) in [6.07, 6.45) is 2.36. The fourth-order valence-electron chi connectivity index (χ4n) is 4.09. The van der Waals surface area contributed by atoms with Crippen molar-refractivity contribution in [1.29, 1.82) is 0 Å². The predicted molar refractivity (Wildman–Crippen MR) is 125 cm³/mol. The molecule has 3 aromatic rings. The standard InChI is InChI=1S/C23H24ClFN4O3S/c1-3-28(4-2)33(31,32)21-14-16(10-13-19(21)24)26-23(30)22-18-6-5-7-20(18)29(27-22)17-11-8-15(25)9-12-17/h8-14H,3-7H2,1-2H3,(H,26,30). The van der Waals surface area contributed by atoms with E-state index in [0.717, 1.165) is 24.1 Å². The maximum Gasteiger partial charge on any atom is 0.276 e. The van der Waals surface area contributed by atoms with Gasteiger partial charge in [0, 0.05) is 30.0 Å². The van der Waals surface area contributed by atoms with Crippen molar-refractivity contribution < 1.29 is 17.6 Å².